The molecule has 0 aromatic carbocycles. The molecule has 2 saturated carbocycles. The summed E-state index contributed by atoms with van der Waals surface area (Å²) in [7, 11) is 0. The van der Waals surface area contributed by atoms with Gasteiger partial charge >= 0.3 is 5.97 Å². The number of rotatable bonds is 4. The lowest BCUT2D eigenvalue weighted by atomic mass is 9.68. The van der Waals surface area contributed by atoms with Crippen LogP contribution in [0.4, 0.5) is 0 Å². The third kappa shape index (κ3) is 3.08. The highest BCUT2D eigenvalue weighted by Crippen LogP contribution is 2.40. The van der Waals surface area contributed by atoms with Gasteiger partial charge in [-0.25, -0.2) is 0 Å². The summed E-state index contributed by atoms with van der Waals surface area (Å²) in [6.45, 7) is 0.254. The van der Waals surface area contributed by atoms with E-state index < -0.39 is 11.4 Å². The first-order valence-corrected chi connectivity index (χ1v) is 7.32. The van der Waals surface area contributed by atoms with Gasteiger partial charge in [-0.2, -0.15) is 0 Å². The van der Waals surface area contributed by atoms with Crippen molar-refractivity contribution in [3.8, 4) is 0 Å². The number of carboxylic acids is 1. The first-order valence-electron chi connectivity index (χ1n) is 7.32. The van der Waals surface area contributed by atoms with Gasteiger partial charge in [0.25, 0.3) is 0 Å². The Bertz CT molecular complexity index is 353. The lowest BCUT2D eigenvalue weighted by molar-refractivity contribution is -0.154. The summed E-state index contributed by atoms with van der Waals surface area (Å²) in [5.41, 5.74) is 5.33. The maximum atomic E-state index is 12.2. The van der Waals surface area contributed by atoms with Gasteiger partial charge in [0.1, 0.15) is 0 Å². The number of carbonyl (C=O) groups excluding carboxylic acids is 1. The fourth-order valence-electron chi connectivity index (χ4n) is 3.12. The molecule has 0 saturated heterocycles. The van der Waals surface area contributed by atoms with E-state index in [1.807, 2.05) is 0 Å². The highest BCUT2D eigenvalue weighted by molar-refractivity contribution is 5.81. The summed E-state index contributed by atoms with van der Waals surface area (Å²) in [6.07, 6.45) is 7.25. The smallest absolute Gasteiger partial charge is 0.311 e. The summed E-state index contributed by atoms with van der Waals surface area (Å²) in [5, 5.41) is 12.1. The fraction of sp³-hybridized carbons (Fsp3) is 0.857. The van der Waals surface area contributed by atoms with Crippen LogP contribution in [0.15, 0.2) is 0 Å². The standard InChI is InChI=1S/C14H24N2O3/c15-11-6-3-1-2-5-10(11)12(17)16-9-14(13(18)19)7-4-8-14/h10-11H,1-9,15H2,(H,16,17)(H,18,19). The van der Waals surface area contributed by atoms with Crippen molar-refractivity contribution < 1.29 is 14.7 Å². The Kier molecular flexibility index (Phi) is 4.45. The zero-order valence-corrected chi connectivity index (χ0v) is 11.4. The molecule has 4 N–H and O–H groups in total. The Balaban J connectivity index is 1.88. The number of carbonyl (C=O) groups is 2. The van der Waals surface area contributed by atoms with Gasteiger partial charge in [0, 0.05) is 12.6 Å². The Morgan fingerprint density at radius 1 is 1.16 bits per heavy atom. The van der Waals surface area contributed by atoms with Crippen LogP contribution in [0.5, 0.6) is 0 Å². The molecule has 0 bridgehead atoms. The minimum Gasteiger partial charge on any atom is -0.481 e. The second-order valence-corrected chi connectivity index (χ2v) is 6.07. The minimum absolute atomic E-state index is 0.0538. The average molecular weight is 268 g/mol. The van der Waals surface area contributed by atoms with E-state index in [0.29, 0.717) is 12.8 Å². The first-order chi connectivity index (χ1) is 9.05. The number of nitrogens with one attached hydrogen (secondary N) is 1. The van der Waals surface area contributed by atoms with Crippen LogP contribution in [-0.4, -0.2) is 29.6 Å². The lowest BCUT2D eigenvalue weighted by Crippen LogP contribution is -2.50. The van der Waals surface area contributed by atoms with Gasteiger partial charge in [-0.05, 0) is 25.7 Å². The van der Waals surface area contributed by atoms with Crippen LogP contribution in [0, 0.1) is 11.3 Å². The van der Waals surface area contributed by atoms with E-state index >= 15 is 0 Å². The molecule has 2 unspecified atom stereocenters. The maximum Gasteiger partial charge on any atom is 0.311 e. The topological polar surface area (TPSA) is 92.4 Å². The molecule has 2 aliphatic carbocycles. The van der Waals surface area contributed by atoms with Gasteiger partial charge in [0.2, 0.25) is 5.91 Å². The van der Waals surface area contributed by atoms with Crippen molar-refractivity contribution >= 4 is 11.9 Å². The van der Waals surface area contributed by atoms with E-state index in [9.17, 15) is 14.7 Å². The van der Waals surface area contributed by atoms with Crippen LogP contribution in [0.25, 0.3) is 0 Å². The van der Waals surface area contributed by atoms with Gasteiger partial charge in [-0.15, -0.1) is 0 Å². The molecule has 0 spiro atoms. The molecule has 2 rings (SSSR count). The second kappa shape index (κ2) is 5.90. The van der Waals surface area contributed by atoms with Crippen LogP contribution in [0.3, 0.4) is 0 Å². The minimum atomic E-state index is -0.788. The zero-order valence-electron chi connectivity index (χ0n) is 11.4. The fourth-order valence-corrected chi connectivity index (χ4v) is 3.12. The second-order valence-electron chi connectivity index (χ2n) is 6.07. The van der Waals surface area contributed by atoms with Gasteiger partial charge in [-0.3, -0.25) is 9.59 Å². The summed E-state index contributed by atoms with van der Waals surface area (Å²) in [6, 6.07) is -0.0790. The van der Waals surface area contributed by atoms with E-state index in [-0.39, 0.29) is 24.4 Å². The van der Waals surface area contributed by atoms with Crippen LogP contribution in [-0.2, 0) is 9.59 Å². The van der Waals surface area contributed by atoms with Crippen LogP contribution >= 0.6 is 0 Å². The molecule has 0 aromatic heterocycles. The van der Waals surface area contributed by atoms with E-state index in [0.717, 1.165) is 38.5 Å². The van der Waals surface area contributed by atoms with Crippen LogP contribution in [0.2, 0.25) is 0 Å². The Morgan fingerprint density at radius 2 is 1.84 bits per heavy atom. The third-order valence-electron chi connectivity index (χ3n) is 4.77. The third-order valence-corrected chi connectivity index (χ3v) is 4.77. The average Bonchev–Trinajstić information content (AvgIpc) is 2.51. The summed E-state index contributed by atoms with van der Waals surface area (Å²) < 4.78 is 0. The van der Waals surface area contributed by atoms with E-state index in [4.69, 9.17) is 5.73 Å². The van der Waals surface area contributed by atoms with Crippen LogP contribution in [0.1, 0.15) is 51.4 Å². The van der Waals surface area contributed by atoms with Crippen molar-refractivity contribution in [2.75, 3.05) is 6.54 Å². The number of aliphatic carboxylic acids is 1. The number of carboxylic acid groups (broad SMARTS) is 1. The maximum absolute atomic E-state index is 12.2. The van der Waals surface area contributed by atoms with Gasteiger partial charge in [0.15, 0.2) is 0 Å². The van der Waals surface area contributed by atoms with Gasteiger partial charge < -0.3 is 16.2 Å². The van der Waals surface area contributed by atoms with Gasteiger partial charge in [0.05, 0.1) is 11.3 Å². The molecule has 5 nitrogen and oxygen atoms in total. The highest BCUT2D eigenvalue weighted by Gasteiger charge is 2.44. The molecule has 0 radical (unpaired) electrons. The number of amides is 1. The summed E-state index contributed by atoms with van der Waals surface area (Å²) >= 11 is 0. The molecule has 108 valence electrons. The first kappa shape index (κ1) is 14.3. The van der Waals surface area contributed by atoms with E-state index in [1.54, 1.807) is 0 Å². The van der Waals surface area contributed by atoms with Gasteiger partial charge in [-0.1, -0.05) is 25.7 Å². The predicted molar refractivity (Wildman–Crippen MR) is 71.5 cm³/mol. The normalized spacial score (nSPS) is 29.9. The van der Waals surface area contributed by atoms with Crippen molar-refractivity contribution in [3.63, 3.8) is 0 Å². The number of hydrogen-bond donors (Lipinski definition) is 3. The molecule has 19 heavy (non-hydrogen) atoms. The Morgan fingerprint density at radius 3 is 2.42 bits per heavy atom. The van der Waals surface area contributed by atoms with Crippen molar-refractivity contribution in [2.45, 2.75) is 57.4 Å². The highest BCUT2D eigenvalue weighted by atomic mass is 16.4. The Hall–Kier alpha value is -1.10. The largest absolute Gasteiger partial charge is 0.481 e. The lowest BCUT2D eigenvalue weighted by Gasteiger charge is -2.38. The molecule has 2 aliphatic rings. The molecule has 0 heterocycles. The van der Waals surface area contributed by atoms with Crippen LogP contribution < -0.4 is 11.1 Å². The summed E-state index contributed by atoms with van der Waals surface area (Å²) in [5.74, 6) is -0.987. The quantitative estimate of drug-likeness (QED) is 0.669. The van der Waals surface area contributed by atoms with Crippen molar-refractivity contribution in [1.29, 1.82) is 0 Å². The molecule has 2 fully saturated rings. The predicted octanol–water partition coefficient (Wildman–Crippen LogP) is 1.27. The van der Waals surface area contributed by atoms with E-state index in [2.05, 4.69) is 5.32 Å². The summed E-state index contributed by atoms with van der Waals surface area (Å²) in [4.78, 5) is 23.4. The molecule has 0 aromatic rings. The molecular formula is C14H24N2O3. The van der Waals surface area contributed by atoms with Crippen molar-refractivity contribution in [1.82, 2.24) is 5.32 Å². The molecule has 5 heteroatoms. The molecule has 0 aliphatic heterocycles. The van der Waals surface area contributed by atoms with Crippen molar-refractivity contribution in [2.24, 2.45) is 17.1 Å². The SMILES string of the molecule is NC1CCCCCC1C(=O)NCC1(C(=O)O)CCC1. The number of nitrogens with two attached hydrogens (primary N) is 1. The van der Waals surface area contributed by atoms with Crippen molar-refractivity contribution in [3.05, 3.63) is 0 Å². The Labute approximate surface area is 113 Å². The molecule has 1 amide bonds. The molecular weight excluding hydrogens is 244 g/mol. The molecule has 2 atom stereocenters. The zero-order chi connectivity index (χ0) is 13.9. The number of hydrogen-bond acceptors (Lipinski definition) is 3. The monoisotopic (exact) mass is 268 g/mol. The van der Waals surface area contributed by atoms with E-state index in [1.165, 1.54) is 0 Å².